The quantitative estimate of drug-likeness (QED) is 0.497. The highest BCUT2D eigenvalue weighted by molar-refractivity contribution is 5.63. The van der Waals surface area contributed by atoms with Gasteiger partial charge < -0.3 is 0 Å². The van der Waals surface area contributed by atoms with Crippen LogP contribution in [0.15, 0.2) is 66.7 Å². The smallest absolute Gasteiger partial charge is 0.195 e. The van der Waals surface area contributed by atoms with Crippen LogP contribution in [0.4, 0.5) is 13.2 Å². The summed E-state index contributed by atoms with van der Waals surface area (Å²) in [6.07, 6.45) is -2.70. The molecule has 0 saturated carbocycles. The molecule has 0 bridgehead atoms. The third-order valence-corrected chi connectivity index (χ3v) is 4.76. The Labute approximate surface area is 158 Å². The van der Waals surface area contributed by atoms with E-state index in [1.807, 2.05) is 18.2 Å². The molecule has 0 radical (unpaired) electrons. The van der Waals surface area contributed by atoms with Crippen molar-refractivity contribution >= 4 is 0 Å². The van der Waals surface area contributed by atoms with E-state index in [1.54, 1.807) is 6.07 Å². The number of halogens is 3. The van der Waals surface area contributed by atoms with Gasteiger partial charge in [0, 0.05) is 30.5 Å². The van der Waals surface area contributed by atoms with E-state index in [9.17, 15) is 13.2 Å². The first-order valence-corrected chi connectivity index (χ1v) is 9.19. The Hall–Kier alpha value is -2.62. The lowest BCUT2D eigenvalue weighted by Gasteiger charge is -2.12. The van der Waals surface area contributed by atoms with Gasteiger partial charge in [-0.2, -0.15) is 17.7 Å². The molecule has 27 heavy (non-hydrogen) atoms. The van der Waals surface area contributed by atoms with Crippen LogP contribution in [0.3, 0.4) is 0 Å². The highest BCUT2D eigenvalue weighted by atomic mass is 19.4. The predicted octanol–water partition coefficient (Wildman–Crippen LogP) is 5.83. The lowest BCUT2D eigenvalue weighted by molar-refractivity contribution is -0.702. The Morgan fingerprint density at radius 2 is 1.37 bits per heavy atom. The minimum atomic E-state index is -4.32. The molecule has 2 aromatic carbocycles. The maximum atomic E-state index is 13.0. The van der Waals surface area contributed by atoms with Gasteiger partial charge in [0.25, 0.3) is 0 Å². The van der Waals surface area contributed by atoms with Crippen LogP contribution in [0.5, 0.6) is 0 Å². The molecule has 0 unspecified atom stereocenters. The summed E-state index contributed by atoms with van der Waals surface area (Å²) in [6.45, 7) is 4.59. The number of hydrogen-bond donors (Lipinski definition) is 0. The van der Waals surface area contributed by atoms with Crippen molar-refractivity contribution in [2.45, 2.75) is 39.4 Å². The summed E-state index contributed by atoms with van der Waals surface area (Å²) < 4.78 is 41.2. The number of benzene rings is 2. The van der Waals surface area contributed by atoms with Gasteiger partial charge in [-0.25, -0.2) is 0 Å². The van der Waals surface area contributed by atoms with Crippen LogP contribution in [0.1, 0.15) is 36.4 Å². The van der Waals surface area contributed by atoms with Gasteiger partial charge in [0.1, 0.15) is 0 Å². The average molecular weight is 370 g/mol. The van der Waals surface area contributed by atoms with Crippen molar-refractivity contribution in [3.63, 3.8) is 0 Å². The van der Waals surface area contributed by atoms with Gasteiger partial charge in [-0.05, 0) is 23.3 Å². The van der Waals surface area contributed by atoms with Crippen molar-refractivity contribution in [2.24, 2.45) is 0 Å². The second-order valence-corrected chi connectivity index (χ2v) is 6.58. The summed E-state index contributed by atoms with van der Waals surface area (Å²) in [6, 6.07) is 20.0. The molecule has 140 valence electrons. The number of hydrogen-bond acceptors (Lipinski definition) is 0. The normalized spacial score (nSPS) is 11.6. The first kappa shape index (κ1) is 19.2. The minimum absolute atomic E-state index is 0.436. The highest BCUT2D eigenvalue weighted by Gasteiger charge is 2.30. The van der Waals surface area contributed by atoms with Crippen LogP contribution in [0.25, 0.3) is 11.1 Å². The molecule has 0 saturated heterocycles. The molecule has 3 rings (SSSR count). The molecule has 0 N–H and O–H groups in total. The van der Waals surface area contributed by atoms with Crippen molar-refractivity contribution in [3.05, 3.63) is 89.2 Å². The Morgan fingerprint density at radius 1 is 0.741 bits per heavy atom. The van der Waals surface area contributed by atoms with Gasteiger partial charge in [-0.1, -0.05) is 56.3 Å². The topological polar surface area (TPSA) is 3.88 Å². The third kappa shape index (κ3) is 4.38. The molecule has 0 aliphatic rings. The first-order valence-electron chi connectivity index (χ1n) is 9.19. The van der Waals surface area contributed by atoms with Gasteiger partial charge in [0.2, 0.25) is 0 Å². The first-order chi connectivity index (χ1) is 12.9. The fraction of sp³-hybridized carbons (Fsp3) is 0.261. The summed E-state index contributed by atoms with van der Waals surface area (Å²) in [5.74, 6) is 0. The van der Waals surface area contributed by atoms with E-state index in [0.717, 1.165) is 41.4 Å². The van der Waals surface area contributed by atoms with E-state index in [-0.39, 0.29) is 0 Å². The molecule has 3 aromatic rings. The largest absolute Gasteiger partial charge is 0.416 e. The molecule has 1 heterocycles. The summed E-state index contributed by atoms with van der Waals surface area (Å²) in [5, 5.41) is 0. The molecular formula is C23H23F3N+. The van der Waals surface area contributed by atoms with Crippen LogP contribution < -0.4 is 4.57 Å². The predicted molar refractivity (Wildman–Crippen MR) is 101 cm³/mol. The molecule has 1 aromatic heterocycles. The minimum Gasteiger partial charge on any atom is -0.195 e. The van der Waals surface area contributed by atoms with E-state index in [2.05, 4.69) is 42.7 Å². The molecular weight excluding hydrogens is 347 g/mol. The van der Waals surface area contributed by atoms with Gasteiger partial charge in [0.15, 0.2) is 17.9 Å². The fourth-order valence-electron chi connectivity index (χ4n) is 3.36. The molecule has 0 amide bonds. The van der Waals surface area contributed by atoms with E-state index in [0.29, 0.717) is 12.1 Å². The summed E-state index contributed by atoms with van der Waals surface area (Å²) >= 11 is 0. The molecule has 0 fully saturated rings. The summed E-state index contributed by atoms with van der Waals surface area (Å²) in [4.78, 5) is 0. The second kappa shape index (κ2) is 7.95. The number of nitrogens with zero attached hydrogens (tertiary/aromatic N) is 1. The van der Waals surface area contributed by atoms with Crippen LogP contribution in [0, 0.1) is 0 Å². The van der Waals surface area contributed by atoms with E-state index in [4.69, 9.17) is 0 Å². The van der Waals surface area contributed by atoms with Crippen LogP contribution >= 0.6 is 0 Å². The Balaban J connectivity index is 2.03. The maximum Gasteiger partial charge on any atom is 0.416 e. The summed E-state index contributed by atoms with van der Waals surface area (Å²) in [5.41, 5.74) is 4.58. The lowest BCUT2D eigenvalue weighted by Crippen LogP contribution is -2.43. The van der Waals surface area contributed by atoms with Crippen LogP contribution in [-0.4, -0.2) is 0 Å². The number of pyridine rings is 1. The van der Waals surface area contributed by atoms with Crippen LogP contribution in [-0.2, 0) is 25.6 Å². The zero-order valence-corrected chi connectivity index (χ0v) is 15.6. The van der Waals surface area contributed by atoms with Gasteiger partial charge in [-0.3, -0.25) is 0 Å². The number of rotatable bonds is 5. The zero-order chi connectivity index (χ0) is 19.4. The molecule has 1 nitrogen and oxygen atoms in total. The molecule has 4 heteroatoms. The Bertz CT molecular complexity index is 889. The zero-order valence-electron chi connectivity index (χ0n) is 15.6. The van der Waals surface area contributed by atoms with Gasteiger partial charge in [-0.15, -0.1) is 0 Å². The maximum absolute atomic E-state index is 13.0. The highest BCUT2D eigenvalue weighted by Crippen LogP contribution is 2.29. The van der Waals surface area contributed by atoms with Crippen molar-refractivity contribution in [1.29, 1.82) is 0 Å². The van der Waals surface area contributed by atoms with Crippen molar-refractivity contribution in [1.82, 2.24) is 0 Å². The molecule has 0 aliphatic heterocycles. The van der Waals surface area contributed by atoms with E-state index >= 15 is 0 Å². The lowest BCUT2D eigenvalue weighted by atomic mass is 10.0. The Kier molecular flexibility index (Phi) is 5.64. The fourth-order valence-corrected chi connectivity index (χ4v) is 3.36. The van der Waals surface area contributed by atoms with Gasteiger partial charge >= 0.3 is 6.18 Å². The average Bonchev–Trinajstić information content (AvgIpc) is 2.68. The molecule has 0 spiro atoms. The molecule has 0 atom stereocenters. The van der Waals surface area contributed by atoms with Crippen molar-refractivity contribution < 1.29 is 17.7 Å². The van der Waals surface area contributed by atoms with Crippen molar-refractivity contribution in [2.75, 3.05) is 0 Å². The summed E-state index contributed by atoms with van der Waals surface area (Å²) in [7, 11) is 0. The third-order valence-electron chi connectivity index (χ3n) is 4.76. The van der Waals surface area contributed by atoms with Gasteiger partial charge in [0.05, 0.1) is 5.56 Å². The number of alkyl halides is 3. The number of aromatic nitrogens is 1. The van der Waals surface area contributed by atoms with E-state index < -0.39 is 11.7 Å². The van der Waals surface area contributed by atoms with E-state index in [1.165, 1.54) is 12.1 Å². The molecule has 0 aliphatic carbocycles. The monoisotopic (exact) mass is 370 g/mol. The Morgan fingerprint density at radius 3 is 1.93 bits per heavy atom. The van der Waals surface area contributed by atoms with Crippen LogP contribution in [0.2, 0.25) is 0 Å². The second-order valence-electron chi connectivity index (χ2n) is 6.58. The standard InChI is InChI=1S/C23H23F3N/c1-3-21-14-19(18-10-6-5-7-11-18)15-22(4-2)27(21)16-17-9-8-12-20(13-17)23(24,25)26/h5-15H,3-4,16H2,1-2H3/q+1. The SMILES string of the molecule is CCc1cc(-c2ccccc2)cc(CC)[n+]1Cc1cccc(C(F)(F)F)c1. The van der Waals surface area contributed by atoms with Crippen molar-refractivity contribution in [3.8, 4) is 11.1 Å². The number of aryl methyl sites for hydroxylation is 2.